The number of rotatable bonds is 5. The van der Waals surface area contributed by atoms with Gasteiger partial charge in [0.2, 0.25) is 11.8 Å². The number of imide groups is 1. The van der Waals surface area contributed by atoms with Crippen LogP contribution in [0.25, 0.3) is 10.9 Å². The van der Waals surface area contributed by atoms with Gasteiger partial charge in [-0.05, 0) is 41.8 Å². The number of aromatic nitrogens is 1. The second kappa shape index (κ2) is 7.07. The van der Waals surface area contributed by atoms with Crippen LogP contribution in [0.2, 0.25) is 0 Å². The molecule has 1 aliphatic rings. The summed E-state index contributed by atoms with van der Waals surface area (Å²) in [5.74, 6) is -0.579. The van der Waals surface area contributed by atoms with E-state index in [4.69, 9.17) is 0 Å². The van der Waals surface area contributed by atoms with Gasteiger partial charge in [0.25, 0.3) is 5.91 Å². The van der Waals surface area contributed by atoms with Crippen molar-refractivity contribution in [2.45, 2.75) is 19.4 Å². The minimum Gasteiger partial charge on any atom is -0.350 e. The number of nitrogens with zero attached hydrogens (tertiary/aromatic N) is 2. The fraction of sp³-hybridized carbons (Fsp3) is 0.190. The summed E-state index contributed by atoms with van der Waals surface area (Å²) in [4.78, 5) is 37.1. The van der Waals surface area contributed by atoms with Crippen molar-refractivity contribution < 1.29 is 14.4 Å². The van der Waals surface area contributed by atoms with E-state index < -0.39 is 0 Å². The van der Waals surface area contributed by atoms with Gasteiger partial charge in [0.1, 0.15) is 0 Å². The molecule has 1 N–H and O–H groups in total. The van der Waals surface area contributed by atoms with Crippen molar-refractivity contribution in [3.63, 3.8) is 0 Å². The van der Waals surface area contributed by atoms with Crippen molar-refractivity contribution in [1.29, 1.82) is 0 Å². The Kier molecular flexibility index (Phi) is 4.46. The molecule has 136 valence electrons. The van der Waals surface area contributed by atoms with Gasteiger partial charge in [0.05, 0.1) is 5.69 Å². The number of nitrogens with one attached hydrogen (secondary N) is 1. The van der Waals surface area contributed by atoms with Crippen LogP contribution < -0.4 is 10.2 Å². The number of para-hydroxylation sites is 1. The summed E-state index contributed by atoms with van der Waals surface area (Å²) in [6, 6.07) is 16.7. The first kappa shape index (κ1) is 17.0. The molecule has 0 spiro atoms. The number of carbonyl (C=O) groups is 3. The molecule has 2 heterocycles. The highest BCUT2D eigenvalue weighted by molar-refractivity contribution is 6.19. The summed E-state index contributed by atoms with van der Waals surface area (Å²) in [5.41, 5.74) is 2.14. The summed E-state index contributed by atoms with van der Waals surface area (Å²) in [5, 5.41) is 4.07. The molecule has 1 saturated heterocycles. The van der Waals surface area contributed by atoms with Gasteiger partial charge in [-0.25, -0.2) is 0 Å². The van der Waals surface area contributed by atoms with Crippen LogP contribution in [0.3, 0.4) is 0 Å². The van der Waals surface area contributed by atoms with E-state index in [1.165, 1.54) is 10.3 Å². The molecular formula is C21H19N3O3. The van der Waals surface area contributed by atoms with Gasteiger partial charge < -0.3 is 9.88 Å². The highest BCUT2D eigenvalue weighted by Crippen LogP contribution is 2.22. The molecule has 0 saturated carbocycles. The monoisotopic (exact) mass is 361 g/mol. The van der Waals surface area contributed by atoms with Gasteiger partial charge >= 0.3 is 0 Å². The average Bonchev–Trinajstić information content (AvgIpc) is 3.25. The van der Waals surface area contributed by atoms with E-state index >= 15 is 0 Å². The van der Waals surface area contributed by atoms with E-state index in [0.29, 0.717) is 24.3 Å². The zero-order valence-electron chi connectivity index (χ0n) is 14.7. The zero-order valence-corrected chi connectivity index (χ0v) is 14.7. The Morgan fingerprint density at radius 3 is 2.37 bits per heavy atom. The van der Waals surface area contributed by atoms with Crippen LogP contribution >= 0.6 is 0 Å². The Balaban J connectivity index is 1.37. The lowest BCUT2D eigenvalue weighted by molar-refractivity contribution is -0.121. The van der Waals surface area contributed by atoms with Crippen molar-refractivity contribution >= 4 is 34.3 Å². The summed E-state index contributed by atoms with van der Waals surface area (Å²) in [7, 11) is 0. The maximum atomic E-state index is 12.3. The van der Waals surface area contributed by atoms with E-state index in [-0.39, 0.29) is 30.6 Å². The molecule has 27 heavy (non-hydrogen) atoms. The van der Waals surface area contributed by atoms with Gasteiger partial charge in [-0.2, -0.15) is 0 Å². The van der Waals surface area contributed by atoms with Crippen molar-refractivity contribution in [2.75, 3.05) is 11.4 Å². The first-order valence-electron chi connectivity index (χ1n) is 8.91. The molecule has 0 aliphatic carbocycles. The summed E-state index contributed by atoms with van der Waals surface area (Å²) in [6.45, 7) is 1.18. The molecule has 0 unspecified atom stereocenters. The molecule has 0 radical (unpaired) electrons. The summed E-state index contributed by atoms with van der Waals surface area (Å²) in [6.07, 6.45) is 2.50. The third kappa shape index (κ3) is 3.33. The highest BCUT2D eigenvalue weighted by atomic mass is 16.2. The van der Waals surface area contributed by atoms with Gasteiger partial charge in [-0.15, -0.1) is 0 Å². The lowest BCUT2D eigenvalue weighted by Gasteiger charge is -2.14. The topological polar surface area (TPSA) is 71.4 Å². The smallest absolute Gasteiger partial charge is 0.251 e. The number of hydrogen-bond acceptors (Lipinski definition) is 3. The number of fused-ring (bicyclic) bond motifs is 1. The molecule has 0 atom stereocenters. The Morgan fingerprint density at radius 1 is 0.926 bits per heavy atom. The SMILES string of the molecule is O=C(NCCn1ccc2ccccc21)c1ccc(N2C(=O)CCC2=O)cc1. The van der Waals surface area contributed by atoms with Crippen molar-refractivity contribution in [2.24, 2.45) is 0 Å². The number of anilines is 1. The standard InChI is InChI=1S/C21H19N3O3/c25-19-9-10-20(26)24(19)17-7-5-16(6-8-17)21(27)22-12-14-23-13-11-15-3-1-2-4-18(15)23/h1-8,11,13H,9-10,12,14H2,(H,22,27). The number of benzene rings is 2. The molecular weight excluding hydrogens is 342 g/mol. The van der Waals surface area contributed by atoms with E-state index in [0.717, 1.165) is 5.52 Å². The minimum atomic E-state index is -0.198. The Labute approximate surface area is 156 Å². The van der Waals surface area contributed by atoms with Gasteiger partial charge in [-0.1, -0.05) is 18.2 Å². The van der Waals surface area contributed by atoms with E-state index in [1.54, 1.807) is 24.3 Å². The summed E-state index contributed by atoms with van der Waals surface area (Å²) >= 11 is 0. The molecule has 3 amide bonds. The van der Waals surface area contributed by atoms with Crippen LogP contribution in [0.4, 0.5) is 5.69 Å². The van der Waals surface area contributed by atoms with Crippen LogP contribution in [-0.4, -0.2) is 28.8 Å². The maximum absolute atomic E-state index is 12.3. The molecule has 6 heteroatoms. The molecule has 1 aliphatic heterocycles. The van der Waals surface area contributed by atoms with E-state index in [9.17, 15) is 14.4 Å². The third-order valence-corrected chi connectivity index (χ3v) is 4.76. The van der Waals surface area contributed by atoms with Crippen molar-refractivity contribution in [1.82, 2.24) is 9.88 Å². The van der Waals surface area contributed by atoms with Crippen LogP contribution in [0.1, 0.15) is 23.2 Å². The van der Waals surface area contributed by atoms with Crippen LogP contribution in [0, 0.1) is 0 Å². The quantitative estimate of drug-likeness (QED) is 0.710. The lowest BCUT2D eigenvalue weighted by atomic mass is 10.2. The first-order valence-corrected chi connectivity index (χ1v) is 8.91. The molecule has 1 aromatic heterocycles. The van der Waals surface area contributed by atoms with Crippen molar-refractivity contribution in [3.05, 3.63) is 66.4 Å². The maximum Gasteiger partial charge on any atom is 0.251 e. The minimum absolute atomic E-state index is 0.183. The first-order chi connectivity index (χ1) is 13.1. The van der Waals surface area contributed by atoms with Crippen LogP contribution in [0.15, 0.2) is 60.8 Å². The third-order valence-electron chi connectivity index (χ3n) is 4.76. The fourth-order valence-electron chi connectivity index (χ4n) is 3.35. The van der Waals surface area contributed by atoms with Gasteiger partial charge in [0, 0.05) is 43.2 Å². The Morgan fingerprint density at radius 2 is 1.63 bits per heavy atom. The lowest BCUT2D eigenvalue weighted by Crippen LogP contribution is -2.29. The van der Waals surface area contributed by atoms with Gasteiger partial charge in [0.15, 0.2) is 0 Å². The predicted octanol–water partition coefficient (Wildman–Crippen LogP) is 2.72. The zero-order chi connectivity index (χ0) is 18.8. The Hall–Kier alpha value is -3.41. The number of hydrogen-bond donors (Lipinski definition) is 1. The van der Waals surface area contributed by atoms with Crippen LogP contribution in [-0.2, 0) is 16.1 Å². The molecule has 2 aromatic carbocycles. The van der Waals surface area contributed by atoms with Crippen LogP contribution in [0.5, 0.6) is 0 Å². The summed E-state index contributed by atoms with van der Waals surface area (Å²) < 4.78 is 2.10. The molecule has 4 rings (SSSR count). The highest BCUT2D eigenvalue weighted by Gasteiger charge is 2.30. The van der Waals surface area contributed by atoms with Gasteiger partial charge in [-0.3, -0.25) is 19.3 Å². The second-order valence-electron chi connectivity index (χ2n) is 6.49. The van der Waals surface area contributed by atoms with E-state index in [1.807, 2.05) is 18.3 Å². The largest absolute Gasteiger partial charge is 0.350 e. The second-order valence-corrected chi connectivity index (χ2v) is 6.49. The molecule has 6 nitrogen and oxygen atoms in total. The molecule has 1 fully saturated rings. The average molecular weight is 361 g/mol. The predicted molar refractivity (Wildman–Crippen MR) is 102 cm³/mol. The number of amides is 3. The Bertz CT molecular complexity index is 1000. The van der Waals surface area contributed by atoms with Crippen molar-refractivity contribution in [3.8, 4) is 0 Å². The molecule has 0 bridgehead atoms. The number of carbonyl (C=O) groups excluding carboxylic acids is 3. The normalized spacial score (nSPS) is 14.1. The fourth-order valence-corrected chi connectivity index (χ4v) is 3.35. The molecule has 3 aromatic rings. The van der Waals surface area contributed by atoms with E-state index in [2.05, 4.69) is 28.1 Å².